The molecule has 0 saturated heterocycles. The van der Waals surface area contributed by atoms with Gasteiger partial charge in [-0.15, -0.1) is 0 Å². The Kier molecular flexibility index (Phi) is 20.1. The summed E-state index contributed by atoms with van der Waals surface area (Å²) in [6, 6.07) is 12.3. The van der Waals surface area contributed by atoms with Crippen LogP contribution >= 0.6 is 0 Å². The van der Waals surface area contributed by atoms with E-state index in [-0.39, 0.29) is 0 Å². The summed E-state index contributed by atoms with van der Waals surface area (Å²) in [4.78, 5) is 0. The quantitative estimate of drug-likeness (QED) is 0.0733. The van der Waals surface area contributed by atoms with Crippen molar-refractivity contribution >= 4 is 0 Å². The smallest absolute Gasteiger partial charge is 0.125 e. The first-order chi connectivity index (χ1) is 23.6. The van der Waals surface area contributed by atoms with Crippen molar-refractivity contribution < 1.29 is 4.74 Å². The van der Waals surface area contributed by atoms with E-state index in [2.05, 4.69) is 110 Å². The lowest BCUT2D eigenvalue weighted by atomic mass is 9.82. The van der Waals surface area contributed by atoms with Gasteiger partial charge in [0.1, 0.15) is 5.75 Å². The standard InChI is InChI=1S/C43H64O.C5H8/c1-9-14-15-19-39-30-41(42-26-25-38(29-36(42)13-5)37-23-21-35(12-4)22-24-37)31-40(20-17-16-18-33(8)32(6)7)43(39)44-28-27-34(10-2)11-3;1-4-5(2)3/h21,23,25-26,29-31,34-35,37H,6,8-20,22,24,27-28H2,1-5,7H3;4H,1-2H2,3H3. The SMILES string of the molecule is C=C(C)C(=C)CCCCc1cc(-c2ccc(C3C=CC(CC)CC3)cc2CC)cc(CCCCC)c1OCCC(CC)CC.C=CC(=C)C. The maximum absolute atomic E-state index is 6.77. The van der Waals surface area contributed by atoms with Crippen molar-refractivity contribution in [2.24, 2.45) is 11.8 Å². The highest BCUT2D eigenvalue weighted by atomic mass is 16.5. The van der Waals surface area contributed by atoms with E-state index < -0.39 is 0 Å². The fourth-order valence-electron chi connectivity index (χ4n) is 6.84. The predicted octanol–water partition coefficient (Wildman–Crippen LogP) is 14.9. The van der Waals surface area contributed by atoms with Gasteiger partial charge in [-0.05, 0) is 142 Å². The van der Waals surface area contributed by atoms with Crippen LogP contribution in [-0.2, 0) is 19.3 Å². The topological polar surface area (TPSA) is 9.23 Å². The minimum absolute atomic E-state index is 0.553. The van der Waals surface area contributed by atoms with Crippen molar-refractivity contribution in [1.82, 2.24) is 0 Å². The molecule has 1 aliphatic carbocycles. The van der Waals surface area contributed by atoms with Gasteiger partial charge in [0.25, 0.3) is 0 Å². The summed E-state index contributed by atoms with van der Waals surface area (Å²) in [7, 11) is 0. The van der Waals surface area contributed by atoms with E-state index in [0.717, 1.165) is 74.5 Å². The molecule has 1 heteroatoms. The Labute approximate surface area is 303 Å². The van der Waals surface area contributed by atoms with E-state index in [1.54, 1.807) is 6.08 Å². The summed E-state index contributed by atoms with van der Waals surface area (Å²) in [5, 5.41) is 0. The zero-order chi connectivity index (χ0) is 36.2. The number of ether oxygens (including phenoxy) is 1. The van der Waals surface area contributed by atoms with Gasteiger partial charge in [0.15, 0.2) is 0 Å². The fourth-order valence-corrected chi connectivity index (χ4v) is 6.84. The van der Waals surface area contributed by atoms with Crippen LogP contribution in [0.25, 0.3) is 11.1 Å². The summed E-state index contributed by atoms with van der Waals surface area (Å²) in [5.74, 6) is 3.24. The molecule has 2 aromatic carbocycles. The van der Waals surface area contributed by atoms with E-state index in [4.69, 9.17) is 4.74 Å². The Bertz CT molecular complexity index is 1350. The summed E-state index contributed by atoms with van der Waals surface area (Å²) >= 11 is 0. The molecule has 0 amide bonds. The van der Waals surface area contributed by atoms with E-state index in [0.29, 0.717) is 5.92 Å². The Morgan fingerprint density at radius 2 is 1.49 bits per heavy atom. The van der Waals surface area contributed by atoms with Crippen LogP contribution in [0.5, 0.6) is 5.75 Å². The maximum Gasteiger partial charge on any atom is 0.125 e. The van der Waals surface area contributed by atoms with Gasteiger partial charge < -0.3 is 4.74 Å². The predicted molar refractivity (Wildman–Crippen MR) is 220 cm³/mol. The molecule has 1 nitrogen and oxygen atoms in total. The van der Waals surface area contributed by atoms with Gasteiger partial charge in [-0.2, -0.15) is 0 Å². The second-order valence-electron chi connectivity index (χ2n) is 14.5. The first kappa shape index (κ1) is 42.1. The molecule has 1 aliphatic rings. The molecule has 0 N–H and O–H groups in total. The monoisotopic (exact) mass is 665 g/mol. The van der Waals surface area contributed by atoms with E-state index in [1.165, 1.54) is 96.1 Å². The average Bonchev–Trinajstić information content (AvgIpc) is 3.12. The minimum atomic E-state index is 0.553. The van der Waals surface area contributed by atoms with Gasteiger partial charge in [-0.25, -0.2) is 0 Å². The van der Waals surface area contributed by atoms with Crippen molar-refractivity contribution in [3.63, 3.8) is 0 Å². The van der Waals surface area contributed by atoms with E-state index in [9.17, 15) is 0 Å². The molecule has 3 rings (SSSR count). The zero-order valence-electron chi connectivity index (χ0n) is 32.9. The van der Waals surface area contributed by atoms with Crippen molar-refractivity contribution in [2.75, 3.05) is 6.61 Å². The van der Waals surface area contributed by atoms with Crippen LogP contribution in [0.3, 0.4) is 0 Å². The zero-order valence-corrected chi connectivity index (χ0v) is 32.9. The van der Waals surface area contributed by atoms with Crippen LogP contribution in [0.4, 0.5) is 0 Å². The molecule has 2 atom stereocenters. The average molecular weight is 665 g/mol. The molecule has 0 radical (unpaired) electrons. The molecule has 2 unspecified atom stereocenters. The van der Waals surface area contributed by atoms with Crippen LogP contribution in [0.2, 0.25) is 0 Å². The second kappa shape index (κ2) is 23.4. The minimum Gasteiger partial charge on any atom is -0.493 e. The number of hydrogen-bond donors (Lipinski definition) is 0. The Morgan fingerprint density at radius 1 is 0.837 bits per heavy atom. The highest BCUT2D eigenvalue weighted by molar-refractivity contribution is 5.71. The molecule has 0 saturated carbocycles. The summed E-state index contributed by atoms with van der Waals surface area (Å²) in [6.45, 7) is 31.7. The van der Waals surface area contributed by atoms with Gasteiger partial charge in [-0.3, -0.25) is 0 Å². The molecular formula is C48H72O. The third-order valence-electron chi connectivity index (χ3n) is 10.6. The van der Waals surface area contributed by atoms with Crippen molar-refractivity contribution in [3.8, 4) is 16.9 Å². The molecule has 2 aromatic rings. The molecule has 0 bridgehead atoms. The van der Waals surface area contributed by atoms with Gasteiger partial charge >= 0.3 is 0 Å². The van der Waals surface area contributed by atoms with Crippen molar-refractivity contribution in [3.05, 3.63) is 114 Å². The highest BCUT2D eigenvalue weighted by Crippen LogP contribution is 2.38. The number of hydrogen-bond acceptors (Lipinski definition) is 1. The third kappa shape index (κ3) is 14.4. The summed E-state index contributed by atoms with van der Waals surface area (Å²) < 4.78 is 6.77. The lowest BCUT2D eigenvalue weighted by Crippen LogP contribution is -2.09. The van der Waals surface area contributed by atoms with Crippen LogP contribution < -0.4 is 4.74 Å². The molecule has 0 aliphatic heterocycles. The Balaban J connectivity index is 0.00000155. The van der Waals surface area contributed by atoms with Crippen LogP contribution in [0.15, 0.2) is 91.6 Å². The van der Waals surface area contributed by atoms with Gasteiger partial charge in [-0.1, -0.05) is 140 Å². The molecule has 270 valence electrons. The fraction of sp³-hybridized carbons (Fsp3) is 0.542. The molecule has 49 heavy (non-hydrogen) atoms. The molecule has 0 fully saturated rings. The van der Waals surface area contributed by atoms with Crippen LogP contribution in [-0.4, -0.2) is 6.61 Å². The third-order valence-corrected chi connectivity index (χ3v) is 10.6. The molecule has 0 heterocycles. The summed E-state index contributed by atoms with van der Waals surface area (Å²) in [6.07, 6.45) is 24.3. The van der Waals surface area contributed by atoms with Gasteiger partial charge in [0.2, 0.25) is 0 Å². The lowest BCUT2D eigenvalue weighted by Gasteiger charge is -2.24. The second-order valence-corrected chi connectivity index (χ2v) is 14.5. The van der Waals surface area contributed by atoms with Gasteiger partial charge in [0.05, 0.1) is 6.61 Å². The molecule has 0 spiro atoms. The Morgan fingerprint density at radius 3 is 2.00 bits per heavy atom. The normalized spacial score (nSPS) is 15.4. The number of allylic oxidation sites excluding steroid dienone is 6. The first-order valence-electron chi connectivity index (χ1n) is 19.8. The van der Waals surface area contributed by atoms with Crippen LogP contribution in [0, 0.1) is 11.8 Å². The van der Waals surface area contributed by atoms with Gasteiger partial charge in [0, 0.05) is 5.92 Å². The number of benzene rings is 2. The number of rotatable bonds is 21. The van der Waals surface area contributed by atoms with Crippen molar-refractivity contribution in [1.29, 1.82) is 0 Å². The number of unbranched alkanes of at least 4 members (excludes halogenated alkanes) is 3. The highest BCUT2D eigenvalue weighted by Gasteiger charge is 2.19. The first-order valence-corrected chi connectivity index (χ1v) is 19.8. The van der Waals surface area contributed by atoms with E-state index in [1.807, 2.05) is 6.92 Å². The summed E-state index contributed by atoms with van der Waals surface area (Å²) in [5.41, 5.74) is 11.9. The lowest BCUT2D eigenvalue weighted by molar-refractivity contribution is 0.267. The van der Waals surface area contributed by atoms with Crippen molar-refractivity contribution in [2.45, 2.75) is 151 Å². The maximum atomic E-state index is 6.77. The molecular weight excluding hydrogens is 593 g/mol. The number of aryl methyl sites for hydroxylation is 3. The van der Waals surface area contributed by atoms with Crippen LogP contribution in [0.1, 0.15) is 154 Å². The molecule has 0 aromatic heterocycles. The van der Waals surface area contributed by atoms with E-state index >= 15 is 0 Å². The largest absolute Gasteiger partial charge is 0.493 e. The Hall–Kier alpha value is -3.06.